The normalized spacial score (nSPS) is 12.1. The van der Waals surface area contributed by atoms with Crippen LogP contribution in [0.25, 0.3) is 17.0 Å². The van der Waals surface area contributed by atoms with Crippen molar-refractivity contribution in [3.05, 3.63) is 77.2 Å². The number of fused-ring (bicyclic) bond motifs is 1. The molecule has 0 aliphatic carbocycles. The molecule has 0 radical (unpaired) electrons. The predicted molar refractivity (Wildman–Crippen MR) is 144 cm³/mol. The van der Waals surface area contributed by atoms with Crippen molar-refractivity contribution in [2.75, 3.05) is 6.54 Å². The molecule has 0 aliphatic rings. The van der Waals surface area contributed by atoms with Gasteiger partial charge in [-0.05, 0) is 70.4 Å². The Morgan fingerprint density at radius 1 is 1.05 bits per heavy atom. The maximum absolute atomic E-state index is 13.6. The van der Waals surface area contributed by atoms with Crippen LogP contribution in [0, 0.1) is 5.82 Å². The molecule has 3 rings (SSSR count). The molecule has 0 saturated heterocycles. The van der Waals surface area contributed by atoms with Crippen LogP contribution in [0.15, 0.2) is 54.7 Å². The smallest absolute Gasteiger partial charge is 0.419 e. The van der Waals surface area contributed by atoms with Crippen LogP contribution in [0.5, 0.6) is 0 Å². The van der Waals surface area contributed by atoms with Crippen molar-refractivity contribution in [1.29, 1.82) is 0 Å². The molecule has 0 atom stereocenters. The van der Waals surface area contributed by atoms with Gasteiger partial charge in [-0.2, -0.15) is 0 Å². The summed E-state index contributed by atoms with van der Waals surface area (Å²) in [4.78, 5) is 40.2. The van der Waals surface area contributed by atoms with Crippen molar-refractivity contribution in [3.8, 4) is 0 Å². The molecule has 0 saturated carbocycles. The van der Waals surface area contributed by atoms with Crippen molar-refractivity contribution in [2.45, 2.75) is 66.0 Å². The number of aromatic nitrogens is 1. The quantitative estimate of drug-likeness (QED) is 0.260. The van der Waals surface area contributed by atoms with Crippen LogP contribution in [-0.2, 0) is 9.53 Å². The molecular weight excluding hydrogens is 471 g/mol. The second kappa shape index (κ2) is 11.1. The lowest BCUT2D eigenvalue weighted by Crippen LogP contribution is -2.39. The molecule has 0 N–H and O–H groups in total. The van der Waals surface area contributed by atoms with Crippen LogP contribution >= 0.6 is 0 Å². The fourth-order valence-corrected chi connectivity index (χ4v) is 3.90. The third kappa shape index (κ3) is 6.94. The summed E-state index contributed by atoms with van der Waals surface area (Å²) in [5.74, 6) is -0.952. The molecule has 1 heterocycles. The van der Waals surface area contributed by atoms with Crippen molar-refractivity contribution in [2.24, 2.45) is 0 Å². The summed E-state index contributed by atoms with van der Waals surface area (Å²) in [5, 5.41) is 0.797. The molecule has 1 aromatic heterocycles. The van der Waals surface area contributed by atoms with Crippen molar-refractivity contribution in [1.82, 2.24) is 9.47 Å². The fourth-order valence-electron chi connectivity index (χ4n) is 3.90. The number of hydrogen-bond acceptors (Lipinski definition) is 4. The minimum Gasteiger partial charge on any atom is -0.443 e. The number of ether oxygens (including phenoxy) is 1. The molecule has 6 nitrogen and oxygen atoms in total. The highest BCUT2D eigenvalue weighted by molar-refractivity contribution is 6.03. The summed E-state index contributed by atoms with van der Waals surface area (Å²) in [6.07, 6.45) is 4.19. The highest BCUT2D eigenvalue weighted by Gasteiger charge is 2.22. The standard InChI is InChI=1S/C30H35FN2O4/c1-19(2)21-11-13-25-23(17-33(26(25)16-21)29(36)37-30(5,6)7)12-14-28(35)32(20(3)4)18-27(34)22-9-8-10-24(31)15-22/h8-17,19-20H,18H2,1-7H3/b14-12+. The Morgan fingerprint density at radius 2 is 1.76 bits per heavy atom. The third-order valence-electron chi connectivity index (χ3n) is 5.89. The first kappa shape index (κ1) is 27.8. The van der Waals surface area contributed by atoms with Gasteiger partial charge in [0.1, 0.15) is 11.4 Å². The van der Waals surface area contributed by atoms with Crippen LogP contribution in [0.4, 0.5) is 9.18 Å². The third-order valence-corrected chi connectivity index (χ3v) is 5.89. The van der Waals surface area contributed by atoms with E-state index < -0.39 is 17.5 Å². The summed E-state index contributed by atoms with van der Waals surface area (Å²) in [6, 6.07) is 11.1. The minimum atomic E-state index is -0.665. The van der Waals surface area contributed by atoms with Crippen molar-refractivity contribution < 1.29 is 23.5 Å². The summed E-state index contributed by atoms with van der Waals surface area (Å²) in [7, 11) is 0. The average molecular weight is 507 g/mol. The van der Waals surface area contributed by atoms with Crippen molar-refractivity contribution >= 4 is 34.8 Å². The molecule has 2 aromatic carbocycles. The van der Waals surface area contributed by atoms with E-state index in [2.05, 4.69) is 13.8 Å². The largest absolute Gasteiger partial charge is 0.443 e. The lowest BCUT2D eigenvalue weighted by atomic mass is 10.0. The highest BCUT2D eigenvalue weighted by atomic mass is 19.1. The Kier molecular flexibility index (Phi) is 8.36. The molecule has 0 bridgehead atoms. The predicted octanol–water partition coefficient (Wildman–Crippen LogP) is 6.82. The highest BCUT2D eigenvalue weighted by Crippen LogP contribution is 2.28. The molecule has 196 valence electrons. The molecule has 1 amide bonds. The molecule has 37 heavy (non-hydrogen) atoms. The van der Waals surface area contributed by atoms with E-state index in [1.54, 1.807) is 33.0 Å². The van der Waals surface area contributed by atoms with Crippen LogP contribution < -0.4 is 0 Å². The summed E-state index contributed by atoms with van der Waals surface area (Å²) in [6.45, 7) is 13.0. The molecule has 7 heteroatoms. The number of Topliss-reactive ketones (excluding diaryl/α,β-unsaturated/α-hetero) is 1. The van der Waals surface area contributed by atoms with Crippen LogP contribution in [0.3, 0.4) is 0 Å². The second-order valence-electron chi connectivity index (χ2n) is 10.7. The van der Waals surface area contributed by atoms with E-state index in [-0.39, 0.29) is 35.8 Å². The van der Waals surface area contributed by atoms with E-state index in [1.165, 1.54) is 33.7 Å². The van der Waals surface area contributed by atoms with Gasteiger partial charge in [0.2, 0.25) is 5.91 Å². The number of benzene rings is 2. The molecular formula is C30H35FN2O4. The minimum absolute atomic E-state index is 0.179. The van der Waals surface area contributed by atoms with E-state index in [4.69, 9.17) is 4.74 Å². The summed E-state index contributed by atoms with van der Waals surface area (Å²) in [5.41, 5.74) is 1.98. The lowest BCUT2D eigenvalue weighted by Gasteiger charge is -2.24. The van der Waals surface area contributed by atoms with Gasteiger partial charge in [-0.15, -0.1) is 0 Å². The van der Waals surface area contributed by atoms with Gasteiger partial charge in [0.05, 0.1) is 12.1 Å². The van der Waals surface area contributed by atoms with E-state index in [0.717, 1.165) is 17.0 Å². The zero-order chi connectivity index (χ0) is 27.5. The summed E-state index contributed by atoms with van der Waals surface area (Å²) < 4.78 is 20.6. The number of amides is 1. The van der Waals surface area contributed by atoms with E-state index >= 15 is 0 Å². The number of ketones is 1. The zero-order valence-electron chi connectivity index (χ0n) is 22.5. The molecule has 0 spiro atoms. The van der Waals surface area contributed by atoms with Crippen LogP contribution in [0.2, 0.25) is 0 Å². The van der Waals surface area contributed by atoms with Gasteiger partial charge in [-0.1, -0.05) is 38.1 Å². The maximum atomic E-state index is 13.6. The van der Waals surface area contributed by atoms with E-state index in [0.29, 0.717) is 11.1 Å². The first-order chi connectivity index (χ1) is 17.3. The molecule has 3 aromatic rings. The Morgan fingerprint density at radius 3 is 2.35 bits per heavy atom. The van der Waals surface area contributed by atoms with E-state index in [1.807, 2.05) is 32.0 Å². The molecule has 0 unspecified atom stereocenters. The fraction of sp³-hybridized carbons (Fsp3) is 0.367. The number of nitrogens with zero attached hydrogens (tertiary/aromatic N) is 2. The number of carbonyl (C=O) groups excluding carboxylic acids is 3. The van der Waals surface area contributed by atoms with Crippen LogP contribution in [-0.4, -0.2) is 45.4 Å². The lowest BCUT2D eigenvalue weighted by molar-refractivity contribution is -0.127. The topological polar surface area (TPSA) is 68.6 Å². The Hall–Kier alpha value is -3.74. The monoisotopic (exact) mass is 506 g/mol. The van der Waals surface area contributed by atoms with Gasteiger partial charge in [-0.25, -0.2) is 9.18 Å². The van der Waals surface area contributed by atoms with Gasteiger partial charge in [0.25, 0.3) is 0 Å². The van der Waals surface area contributed by atoms with E-state index in [9.17, 15) is 18.8 Å². The van der Waals surface area contributed by atoms with Gasteiger partial charge >= 0.3 is 6.09 Å². The average Bonchev–Trinajstić information content (AvgIpc) is 3.17. The van der Waals surface area contributed by atoms with Crippen molar-refractivity contribution in [3.63, 3.8) is 0 Å². The number of carbonyl (C=O) groups is 3. The Balaban J connectivity index is 1.93. The summed E-state index contributed by atoms with van der Waals surface area (Å²) >= 11 is 0. The first-order valence-electron chi connectivity index (χ1n) is 12.4. The van der Waals surface area contributed by atoms with Gasteiger partial charge in [-0.3, -0.25) is 14.2 Å². The SMILES string of the molecule is CC(C)c1ccc2c(/C=C/C(=O)N(CC(=O)c3cccc(F)c3)C(C)C)cn(C(=O)OC(C)(C)C)c2c1. The van der Waals surface area contributed by atoms with Gasteiger partial charge in [0, 0.05) is 34.8 Å². The van der Waals surface area contributed by atoms with Crippen LogP contribution in [0.1, 0.15) is 75.9 Å². The first-order valence-corrected chi connectivity index (χ1v) is 12.4. The van der Waals surface area contributed by atoms with Gasteiger partial charge < -0.3 is 9.64 Å². The molecule has 0 fully saturated rings. The number of halogens is 1. The number of hydrogen-bond donors (Lipinski definition) is 0. The van der Waals surface area contributed by atoms with Gasteiger partial charge in [0.15, 0.2) is 5.78 Å². The Labute approximate surface area is 217 Å². The second-order valence-corrected chi connectivity index (χ2v) is 10.7. The molecule has 0 aliphatic heterocycles. The number of rotatable bonds is 7. The maximum Gasteiger partial charge on any atom is 0.419 e. The zero-order valence-corrected chi connectivity index (χ0v) is 22.5. The Bertz CT molecular complexity index is 1350.